The van der Waals surface area contributed by atoms with E-state index in [4.69, 9.17) is 30.5 Å². The predicted molar refractivity (Wildman–Crippen MR) is 150 cm³/mol. The van der Waals surface area contributed by atoms with Crippen molar-refractivity contribution in [2.24, 2.45) is 0 Å². The molecule has 2 aromatic heterocycles. The lowest BCUT2D eigenvalue weighted by Gasteiger charge is -2.48. The minimum absolute atomic E-state index is 0.224. The second-order valence-corrected chi connectivity index (χ2v) is 11.6. The van der Waals surface area contributed by atoms with Crippen LogP contribution in [-0.4, -0.2) is 70.4 Å². The maximum Gasteiger partial charge on any atom is 0.252 e. The van der Waals surface area contributed by atoms with Gasteiger partial charge in [0.05, 0.1) is 18.4 Å². The molecule has 208 valence electrons. The van der Waals surface area contributed by atoms with Gasteiger partial charge < -0.3 is 24.3 Å². The molecule has 40 heavy (non-hydrogen) atoms. The Morgan fingerprint density at radius 2 is 2.08 bits per heavy atom. The van der Waals surface area contributed by atoms with Crippen molar-refractivity contribution in [1.82, 2.24) is 25.3 Å². The smallest absolute Gasteiger partial charge is 0.252 e. The summed E-state index contributed by atoms with van der Waals surface area (Å²) in [6.45, 7) is 0.292. The number of nitrogens with zero attached hydrogens (tertiary/aromatic N) is 4. The van der Waals surface area contributed by atoms with Crippen LogP contribution < -0.4 is 5.32 Å². The van der Waals surface area contributed by atoms with Crippen LogP contribution in [0.5, 0.6) is 0 Å². The molecule has 1 amide bonds. The lowest BCUT2D eigenvalue weighted by atomic mass is 9.96. The van der Waals surface area contributed by atoms with E-state index in [0.29, 0.717) is 27.8 Å². The van der Waals surface area contributed by atoms with E-state index < -0.39 is 36.1 Å². The first-order chi connectivity index (χ1) is 19.6. The van der Waals surface area contributed by atoms with Crippen molar-refractivity contribution in [3.05, 3.63) is 82.5 Å². The Kier molecular flexibility index (Phi) is 8.17. The molecule has 2 aromatic carbocycles. The number of fused-ring (bicyclic) bond motifs is 1. The largest absolute Gasteiger partial charge is 0.375 e. The van der Waals surface area contributed by atoms with Crippen LogP contribution in [0, 0.1) is 0 Å². The molecule has 0 aliphatic carbocycles. The molecular weight excluding hydrogens is 574 g/mol. The van der Waals surface area contributed by atoms with E-state index in [-0.39, 0.29) is 5.91 Å². The monoisotopic (exact) mass is 599 g/mol. The molecule has 0 spiro atoms. The number of benzene rings is 2. The van der Waals surface area contributed by atoms with Gasteiger partial charge in [0.15, 0.2) is 6.29 Å². The van der Waals surface area contributed by atoms with Gasteiger partial charge in [-0.05, 0) is 18.2 Å². The fourth-order valence-corrected chi connectivity index (χ4v) is 7.07. The average Bonchev–Trinajstić information content (AvgIpc) is 3.69. The van der Waals surface area contributed by atoms with Gasteiger partial charge in [0.2, 0.25) is 0 Å². The van der Waals surface area contributed by atoms with Gasteiger partial charge in [-0.2, -0.15) is 0 Å². The van der Waals surface area contributed by atoms with Gasteiger partial charge >= 0.3 is 0 Å². The number of thioether (sulfide) groups is 1. The predicted octanol–water partition coefficient (Wildman–Crippen LogP) is 4.60. The maximum atomic E-state index is 12.6. The lowest BCUT2D eigenvalue weighted by Crippen LogP contribution is -2.59. The van der Waals surface area contributed by atoms with Crippen molar-refractivity contribution >= 4 is 40.6 Å². The van der Waals surface area contributed by atoms with Crippen molar-refractivity contribution in [3.63, 3.8) is 0 Å². The molecule has 4 aromatic rings. The minimum Gasteiger partial charge on any atom is -0.375 e. The van der Waals surface area contributed by atoms with Gasteiger partial charge in [-0.1, -0.05) is 58.9 Å². The van der Waals surface area contributed by atoms with Crippen LogP contribution in [0.2, 0.25) is 5.02 Å². The Bertz CT molecular complexity index is 1460. The summed E-state index contributed by atoms with van der Waals surface area (Å²) in [5.74, 6) is -0.224. The Morgan fingerprint density at radius 3 is 2.83 bits per heavy atom. The quantitative estimate of drug-likeness (QED) is 0.326. The number of hydrogen-bond donors (Lipinski definition) is 1. The number of rotatable bonds is 7. The van der Waals surface area contributed by atoms with Crippen molar-refractivity contribution in [2.75, 3.05) is 20.8 Å². The Hall–Kier alpha value is -2.84. The maximum absolute atomic E-state index is 12.6. The topological polar surface area (TPSA) is 110 Å². The molecule has 0 bridgehead atoms. The molecule has 6 atom stereocenters. The fourth-order valence-electron chi connectivity index (χ4n) is 4.90. The summed E-state index contributed by atoms with van der Waals surface area (Å²) in [5.41, 5.74) is 1.49. The average molecular weight is 600 g/mol. The lowest BCUT2D eigenvalue weighted by molar-refractivity contribution is -0.308. The molecule has 1 N–H and O–H groups in total. The van der Waals surface area contributed by atoms with Crippen LogP contribution in [0.3, 0.4) is 0 Å². The standard InChI is InChI=1S/C27H26ClN5O5S2/c1-29-24(34)17-9-8-16(28)12-20(17)40-27-23(35-2)21(33-13-18(31-32-33)25-30-10-11-39-25)22-19(37-27)14-36-26(38-22)15-6-4-3-5-7-15/h3-13,19,21-23,26-27H,14H2,1-2H3,(H,29,34)/t19?,21?,22-,23?,26?,27+/m0/s1. The number of ether oxygens (including phenoxy) is 4. The molecule has 0 saturated carbocycles. The van der Waals surface area contributed by atoms with Gasteiger partial charge in [-0.3, -0.25) is 4.79 Å². The number of nitrogens with one attached hydrogen (secondary N) is 1. The number of carbonyl (C=O) groups is 1. The SMILES string of the molecule is CNC(=O)c1ccc(Cl)cc1S[C@H]1OC2COC(c3ccccc3)O[C@@H]2C(n2cc(-c3nccs3)nn2)C1OC. The number of methoxy groups -OCH3 is 1. The first kappa shape index (κ1) is 27.3. The summed E-state index contributed by atoms with van der Waals surface area (Å²) >= 11 is 9.18. The molecule has 2 fully saturated rings. The van der Waals surface area contributed by atoms with E-state index in [9.17, 15) is 4.79 Å². The first-order valence-corrected chi connectivity index (χ1v) is 14.7. The van der Waals surface area contributed by atoms with E-state index in [1.54, 1.807) is 43.2 Å². The number of halogens is 1. The number of thiazole rings is 1. The Labute approximate surface area is 243 Å². The first-order valence-electron chi connectivity index (χ1n) is 12.6. The molecular formula is C27H26ClN5O5S2. The zero-order valence-electron chi connectivity index (χ0n) is 21.5. The molecule has 4 heterocycles. The van der Waals surface area contributed by atoms with Crippen molar-refractivity contribution in [2.45, 2.75) is 41.0 Å². The zero-order valence-corrected chi connectivity index (χ0v) is 23.9. The van der Waals surface area contributed by atoms with Crippen LogP contribution >= 0.6 is 34.7 Å². The highest BCUT2D eigenvalue weighted by molar-refractivity contribution is 8.00. The molecule has 2 aliphatic rings. The molecule has 2 aliphatic heterocycles. The highest BCUT2D eigenvalue weighted by Gasteiger charge is 2.52. The molecule has 2 saturated heterocycles. The summed E-state index contributed by atoms with van der Waals surface area (Å²) in [6, 6.07) is 14.5. The van der Waals surface area contributed by atoms with E-state index in [1.165, 1.54) is 23.1 Å². The van der Waals surface area contributed by atoms with E-state index in [2.05, 4.69) is 20.6 Å². The molecule has 6 rings (SSSR count). The minimum atomic E-state index is -0.579. The fraction of sp³-hybridized carbons (Fsp3) is 0.333. The second kappa shape index (κ2) is 12.0. The molecule has 4 unspecified atom stereocenters. The van der Waals surface area contributed by atoms with Gasteiger partial charge in [0.1, 0.15) is 40.5 Å². The van der Waals surface area contributed by atoms with Crippen LogP contribution in [0.15, 0.2) is 71.2 Å². The van der Waals surface area contributed by atoms with Crippen molar-refractivity contribution < 1.29 is 23.7 Å². The summed E-state index contributed by atoms with van der Waals surface area (Å²) < 4.78 is 27.1. The Morgan fingerprint density at radius 1 is 1.23 bits per heavy atom. The molecule has 0 radical (unpaired) electrons. The molecule has 10 nitrogen and oxygen atoms in total. The van der Waals surface area contributed by atoms with Gasteiger partial charge in [-0.25, -0.2) is 9.67 Å². The van der Waals surface area contributed by atoms with E-state index >= 15 is 0 Å². The summed E-state index contributed by atoms with van der Waals surface area (Å²) in [7, 11) is 3.21. The van der Waals surface area contributed by atoms with Crippen LogP contribution in [0.25, 0.3) is 10.7 Å². The van der Waals surface area contributed by atoms with Gasteiger partial charge in [0, 0.05) is 41.2 Å². The third-order valence-electron chi connectivity index (χ3n) is 6.78. The normalized spacial score (nSPS) is 26.3. The van der Waals surface area contributed by atoms with Gasteiger partial charge in [-0.15, -0.1) is 16.4 Å². The van der Waals surface area contributed by atoms with E-state index in [0.717, 1.165) is 10.6 Å². The highest BCUT2D eigenvalue weighted by Crippen LogP contribution is 2.45. The highest BCUT2D eigenvalue weighted by atomic mass is 35.5. The Balaban J connectivity index is 1.37. The van der Waals surface area contributed by atoms with E-state index in [1.807, 2.05) is 41.9 Å². The van der Waals surface area contributed by atoms with Gasteiger partial charge in [0.25, 0.3) is 5.91 Å². The number of hydrogen-bond acceptors (Lipinski definition) is 10. The summed E-state index contributed by atoms with van der Waals surface area (Å²) in [5, 5.41) is 14.7. The third-order valence-corrected chi connectivity index (χ3v) is 9.01. The third kappa shape index (κ3) is 5.40. The number of carbonyl (C=O) groups excluding carboxylic acids is 1. The second-order valence-electron chi connectivity index (χ2n) is 9.17. The summed E-state index contributed by atoms with van der Waals surface area (Å²) in [4.78, 5) is 17.7. The summed E-state index contributed by atoms with van der Waals surface area (Å²) in [6.07, 6.45) is 1.56. The van der Waals surface area contributed by atoms with Crippen molar-refractivity contribution in [1.29, 1.82) is 0 Å². The number of aromatic nitrogens is 4. The van der Waals surface area contributed by atoms with Crippen LogP contribution in [0.4, 0.5) is 0 Å². The van der Waals surface area contributed by atoms with Crippen LogP contribution in [-0.2, 0) is 18.9 Å². The van der Waals surface area contributed by atoms with Crippen molar-refractivity contribution in [3.8, 4) is 10.7 Å². The number of amides is 1. The molecule has 13 heteroatoms. The zero-order chi connectivity index (χ0) is 27.6. The van der Waals surface area contributed by atoms with Crippen LogP contribution in [0.1, 0.15) is 28.3 Å².